The molecule has 9 rings (SSSR count). The quantitative estimate of drug-likeness (QED) is 0.172. The van der Waals surface area contributed by atoms with Gasteiger partial charge in [0.05, 0.1) is 33.2 Å². The lowest BCUT2D eigenvalue weighted by atomic mass is 9.52. The average Bonchev–Trinajstić information content (AvgIpc) is 3.78. The number of fused-ring (bicyclic) bond motifs is 10. The van der Waals surface area contributed by atoms with Crippen LogP contribution in [0.2, 0.25) is 0 Å². The van der Waals surface area contributed by atoms with Gasteiger partial charge in [0.15, 0.2) is 5.60 Å². The zero-order valence-electron chi connectivity index (χ0n) is 32.6. The van der Waals surface area contributed by atoms with Crippen LogP contribution in [0.4, 0.5) is 0 Å². The van der Waals surface area contributed by atoms with Crippen LogP contribution >= 0.6 is 0 Å². The molecule has 274 valence electrons. The van der Waals surface area contributed by atoms with Gasteiger partial charge in [0.2, 0.25) is 0 Å². The number of furan rings is 1. The smallest absolute Gasteiger partial charge is 0.178 e. The Labute approximate surface area is 318 Å². The Kier molecular flexibility index (Phi) is 7.66. The average molecular weight is 717 g/mol. The maximum absolute atomic E-state index is 7.72. The van der Waals surface area contributed by atoms with E-state index in [0.29, 0.717) is 0 Å². The van der Waals surface area contributed by atoms with Crippen molar-refractivity contribution in [1.29, 1.82) is 0 Å². The highest BCUT2D eigenvalue weighted by molar-refractivity contribution is 6.10. The summed E-state index contributed by atoms with van der Waals surface area (Å²) in [5.74, 6) is 3.93. The van der Waals surface area contributed by atoms with Crippen molar-refractivity contribution in [2.75, 3.05) is 21.3 Å². The van der Waals surface area contributed by atoms with Gasteiger partial charge in [0.1, 0.15) is 28.8 Å². The summed E-state index contributed by atoms with van der Waals surface area (Å²) in [7, 11) is 5.12. The van der Waals surface area contributed by atoms with Gasteiger partial charge >= 0.3 is 0 Å². The van der Waals surface area contributed by atoms with Crippen molar-refractivity contribution in [1.82, 2.24) is 0 Å². The molecule has 0 unspecified atom stereocenters. The summed E-state index contributed by atoms with van der Waals surface area (Å²) in [5, 5.41) is 2.14. The molecule has 0 atom stereocenters. The first-order valence-corrected chi connectivity index (χ1v) is 19.0. The number of ether oxygens (including phenoxy) is 4. The number of hydrogen-bond donors (Lipinski definition) is 0. The van der Waals surface area contributed by atoms with Crippen molar-refractivity contribution in [3.05, 3.63) is 137 Å². The first-order chi connectivity index (χ1) is 25.9. The minimum atomic E-state index is -0.945. The third kappa shape index (κ3) is 5.11. The molecule has 1 fully saturated rings. The van der Waals surface area contributed by atoms with Crippen LogP contribution < -0.4 is 18.9 Å². The Balaban J connectivity index is 1.42. The van der Waals surface area contributed by atoms with E-state index < -0.39 is 5.60 Å². The molecule has 5 heteroatoms. The summed E-state index contributed by atoms with van der Waals surface area (Å²) in [5.41, 5.74) is 9.79. The SMILES string of the molecule is COc1ccc(C2(c3ccc(OC)cc3)C=Cc3c4c(c5cc(-c6ccco6)c(OC)cc5c3O2)-c2ccc(C)cc2C42CC(C)(C)CC(C)(C)C2)cc1. The molecule has 1 aromatic heterocycles. The van der Waals surface area contributed by atoms with Crippen LogP contribution in [-0.2, 0) is 11.0 Å². The predicted molar refractivity (Wildman–Crippen MR) is 217 cm³/mol. The zero-order valence-corrected chi connectivity index (χ0v) is 32.6. The molecule has 0 amide bonds. The second-order valence-electron chi connectivity index (χ2n) is 17.2. The third-order valence-corrected chi connectivity index (χ3v) is 12.1. The van der Waals surface area contributed by atoms with Gasteiger partial charge in [-0.15, -0.1) is 0 Å². The number of rotatable bonds is 6. The Morgan fingerprint density at radius 3 is 1.87 bits per heavy atom. The van der Waals surface area contributed by atoms with Gasteiger partial charge in [-0.05, 0) is 119 Å². The summed E-state index contributed by atoms with van der Waals surface area (Å²) in [6.07, 6.45) is 9.60. The maximum Gasteiger partial charge on any atom is 0.178 e. The highest BCUT2D eigenvalue weighted by Gasteiger charge is 2.55. The van der Waals surface area contributed by atoms with Crippen molar-refractivity contribution in [3.8, 4) is 45.4 Å². The molecule has 1 spiro atoms. The lowest BCUT2D eigenvalue weighted by molar-refractivity contribution is 0.0641. The minimum Gasteiger partial charge on any atom is -0.497 e. The second-order valence-corrected chi connectivity index (χ2v) is 17.2. The van der Waals surface area contributed by atoms with Crippen LogP contribution in [0.15, 0.2) is 108 Å². The number of hydrogen-bond acceptors (Lipinski definition) is 5. The van der Waals surface area contributed by atoms with Gasteiger partial charge in [-0.1, -0.05) is 81.8 Å². The minimum absolute atomic E-state index is 0.112. The largest absolute Gasteiger partial charge is 0.497 e. The Bertz CT molecular complexity index is 2380. The Hall–Kier alpha value is -5.42. The summed E-state index contributed by atoms with van der Waals surface area (Å²) >= 11 is 0. The maximum atomic E-state index is 7.72. The van der Waals surface area contributed by atoms with E-state index in [-0.39, 0.29) is 16.2 Å². The summed E-state index contributed by atoms with van der Waals surface area (Å²) in [6.45, 7) is 12.1. The molecule has 2 heterocycles. The van der Waals surface area contributed by atoms with E-state index in [1.807, 2.05) is 36.4 Å². The fourth-order valence-corrected chi connectivity index (χ4v) is 10.8. The highest BCUT2D eigenvalue weighted by atomic mass is 16.5. The lowest BCUT2D eigenvalue weighted by Gasteiger charge is -2.52. The van der Waals surface area contributed by atoms with Crippen LogP contribution in [0.3, 0.4) is 0 Å². The van der Waals surface area contributed by atoms with Crippen LogP contribution in [0.25, 0.3) is 39.3 Å². The Morgan fingerprint density at radius 2 is 1.30 bits per heavy atom. The second kappa shape index (κ2) is 12.0. The van der Waals surface area contributed by atoms with Crippen molar-refractivity contribution in [3.63, 3.8) is 0 Å². The first kappa shape index (κ1) is 34.4. The van der Waals surface area contributed by atoms with E-state index in [9.17, 15) is 0 Å². The summed E-state index contributed by atoms with van der Waals surface area (Å²) < 4.78 is 31.1. The molecule has 6 aromatic rings. The summed E-state index contributed by atoms with van der Waals surface area (Å²) in [4.78, 5) is 0. The lowest BCUT2D eigenvalue weighted by Crippen LogP contribution is -2.44. The molecule has 54 heavy (non-hydrogen) atoms. The molecule has 0 bridgehead atoms. The van der Waals surface area contributed by atoms with Crippen molar-refractivity contribution in [2.45, 2.75) is 64.9 Å². The molecule has 1 saturated carbocycles. The summed E-state index contributed by atoms with van der Waals surface area (Å²) in [6, 6.07) is 31.9. The fraction of sp³-hybridized carbons (Fsp3) is 0.306. The van der Waals surface area contributed by atoms with Gasteiger partial charge in [-0.25, -0.2) is 0 Å². The normalized spacial score (nSPS) is 18.1. The number of methoxy groups -OCH3 is 3. The number of benzene rings is 5. The first-order valence-electron chi connectivity index (χ1n) is 19.0. The van der Waals surface area contributed by atoms with Gasteiger partial charge in [-0.2, -0.15) is 0 Å². The fourth-order valence-electron chi connectivity index (χ4n) is 10.8. The van der Waals surface area contributed by atoms with Crippen LogP contribution in [0.5, 0.6) is 23.0 Å². The van der Waals surface area contributed by atoms with Gasteiger partial charge in [0.25, 0.3) is 0 Å². The van der Waals surface area contributed by atoms with E-state index in [2.05, 4.69) is 101 Å². The standard InChI is InChI=1S/C49H48O5/c1-30-11-20-35-40(24-30)48(28-46(2,3)27-47(4,5)29-48)44-36-21-22-49(31-12-16-33(50-6)17-13-31,32-14-18-34(51-7)19-15-32)54-45(36)38-26-42(52-8)39(25-37(38)43(35)44)41-10-9-23-53-41/h9-26H,27-29H2,1-8H3. The number of aryl methyl sites for hydroxylation is 1. The van der Waals surface area contributed by atoms with Gasteiger partial charge in [-0.3, -0.25) is 0 Å². The Morgan fingerprint density at radius 1 is 0.648 bits per heavy atom. The molecule has 0 saturated heterocycles. The molecular weight excluding hydrogens is 669 g/mol. The molecule has 5 nitrogen and oxygen atoms in total. The molecule has 5 aromatic carbocycles. The molecule has 1 aliphatic heterocycles. The molecule has 0 N–H and O–H groups in total. The predicted octanol–water partition coefficient (Wildman–Crippen LogP) is 12.3. The van der Waals surface area contributed by atoms with Crippen LogP contribution in [0, 0.1) is 17.8 Å². The molecule has 0 radical (unpaired) electrons. The zero-order chi connectivity index (χ0) is 37.6. The van der Waals surface area contributed by atoms with E-state index in [1.54, 1.807) is 27.6 Å². The molecule has 3 aliphatic rings. The molecule has 2 aliphatic carbocycles. The topological polar surface area (TPSA) is 50.1 Å². The van der Waals surface area contributed by atoms with Crippen molar-refractivity contribution < 1.29 is 23.4 Å². The third-order valence-electron chi connectivity index (χ3n) is 12.1. The van der Waals surface area contributed by atoms with Crippen molar-refractivity contribution in [2.24, 2.45) is 10.8 Å². The van der Waals surface area contributed by atoms with Crippen LogP contribution in [0.1, 0.15) is 80.3 Å². The van der Waals surface area contributed by atoms with Gasteiger partial charge in [0, 0.05) is 27.5 Å². The molecular formula is C49H48O5. The highest BCUT2D eigenvalue weighted by Crippen LogP contribution is 2.67. The van der Waals surface area contributed by atoms with Gasteiger partial charge < -0.3 is 23.4 Å². The van der Waals surface area contributed by atoms with E-state index in [4.69, 9.17) is 23.4 Å². The van der Waals surface area contributed by atoms with E-state index in [1.165, 1.54) is 27.8 Å². The van der Waals surface area contributed by atoms with Crippen molar-refractivity contribution >= 4 is 16.8 Å². The van der Waals surface area contributed by atoms with E-state index >= 15 is 0 Å². The van der Waals surface area contributed by atoms with E-state index in [0.717, 1.165) is 81.0 Å². The van der Waals surface area contributed by atoms with Crippen LogP contribution in [-0.4, -0.2) is 21.3 Å². The monoisotopic (exact) mass is 716 g/mol.